The highest BCUT2D eigenvalue weighted by atomic mass is 16.5. The Labute approximate surface area is 308 Å². The minimum Gasteiger partial charge on any atom is -0.447 e. The molecule has 1 aromatic rings. The van der Waals surface area contributed by atoms with E-state index in [9.17, 15) is 28.8 Å². The lowest BCUT2D eigenvalue weighted by molar-refractivity contribution is -0.144. The molecule has 1 heterocycles. The number of hydrogen-bond acceptors (Lipinski definition) is 7. The number of Topliss-reactive ketones (excluding diaryl/α,β-unsaturated/α-hetero) is 1. The van der Waals surface area contributed by atoms with Gasteiger partial charge in [-0.15, -0.1) is 6.58 Å². The van der Waals surface area contributed by atoms with Gasteiger partial charge >= 0.3 is 12.1 Å². The lowest BCUT2D eigenvalue weighted by atomic mass is 9.87. The van der Waals surface area contributed by atoms with Crippen LogP contribution in [-0.2, 0) is 36.8 Å². The second-order valence-electron chi connectivity index (χ2n) is 15.3. The fourth-order valence-electron chi connectivity index (χ4n) is 7.03. The number of hydrogen-bond donors (Lipinski definition) is 5. The zero-order valence-electron chi connectivity index (χ0n) is 32.0. The predicted molar refractivity (Wildman–Crippen MR) is 199 cm³/mol. The maximum Gasteiger partial charge on any atom is 0.407 e. The Hall–Kier alpha value is -4.42. The molecule has 13 heteroatoms. The lowest BCUT2D eigenvalue weighted by Gasteiger charge is -2.35. The van der Waals surface area contributed by atoms with E-state index < -0.39 is 59.3 Å². The second kappa shape index (κ2) is 19.4. The summed E-state index contributed by atoms with van der Waals surface area (Å²) >= 11 is 0. The highest BCUT2D eigenvalue weighted by Gasteiger charge is 2.48. The number of rotatable bonds is 17. The molecule has 288 valence electrons. The first kappa shape index (κ1) is 42.0. The Morgan fingerprint density at radius 2 is 1.63 bits per heavy atom. The molecule has 0 saturated carbocycles. The van der Waals surface area contributed by atoms with E-state index in [2.05, 4.69) is 33.2 Å². The van der Waals surface area contributed by atoms with Crippen LogP contribution in [0.1, 0.15) is 85.3 Å². The quantitative estimate of drug-likeness (QED) is 0.120. The van der Waals surface area contributed by atoms with E-state index in [1.807, 2.05) is 65.8 Å². The summed E-state index contributed by atoms with van der Waals surface area (Å²) in [5.41, 5.74) is 1.69. The predicted octanol–water partition coefficient (Wildman–Crippen LogP) is 3.65. The number of urea groups is 1. The molecule has 5 atom stereocenters. The van der Waals surface area contributed by atoms with Gasteiger partial charge in [-0.05, 0) is 66.9 Å². The highest BCUT2D eigenvalue weighted by molar-refractivity contribution is 6.38. The van der Waals surface area contributed by atoms with Crippen LogP contribution in [0, 0.1) is 23.2 Å². The van der Waals surface area contributed by atoms with Crippen molar-refractivity contribution in [2.45, 2.75) is 111 Å². The van der Waals surface area contributed by atoms with Gasteiger partial charge in [-0.1, -0.05) is 84.7 Å². The minimum absolute atomic E-state index is 0.0251. The van der Waals surface area contributed by atoms with Gasteiger partial charge in [-0.3, -0.25) is 19.2 Å². The van der Waals surface area contributed by atoms with E-state index in [1.54, 1.807) is 11.8 Å². The molecule has 3 rings (SSSR count). The van der Waals surface area contributed by atoms with Gasteiger partial charge in [0.2, 0.25) is 17.6 Å². The van der Waals surface area contributed by atoms with Crippen LogP contribution in [0.3, 0.4) is 0 Å². The molecule has 0 spiro atoms. The van der Waals surface area contributed by atoms with Crippen molar-refractivity contribution >= 4 is 35.6 Å². The van der Waals surface area contributed by atoms with Crippen LogP contribution in [0.15, 0.2) is 36.9 Å². The first-order chi connectivity index (χ1) is 24.6. The first-order valence-electron chi connectivity index (χ1n) is 18.7. The van der Waals surface area contributed by atoms with Gasteiger partial charge in [0.25, 0.3) is 5.91 Å². The molecule has 0 radical (unpaired) electrons. The van der Waals surface area contributed by atoms with Crippen molar-refractivity contribution in [2.75, 3.05) is 26.2 Å². The van der Waals surface area contributed by atoms with E-state index >= 15 is 0 Å². The van der Waals surface area contributed by atoms with Crippen LogP contribution >= 0.6 is 0 Å². The minimum atomic E-state index is -1.05. The van der Waals surface area contributed by atoms with Crippen molar-refractivity contribution in [2.24, 2.45) is 23.2 Å². The van der Waals surface area contributed by atoms with Gasteiger partial charge in [-0.2, -0.15) is 0 Å². The molecule has 2 aliphatic rings. The molecule has 0 bridgehead atoms. The third-order valence-electron chi connectivity index (χ3n) is 10.1. The van der Waals surface area contributed by atoms with Gasteiger partial charge in [0.05, 0.1) is 12.1 Å². The van der Waals surface area contributed by atoms with Gasteiger partial charge in [0, 0.05) is 19.6 Å². The van der Waals surface area contributed by atoms with E-state index in [0.717, 1.165) is 17.5 Å². The zero-order valence-corrected chi connectivity index (χ0v) is 32.0. The van der Waals surface area contributed by atoms with Crippen LogP contribution in [-0.4, -0.2) is 90.9 Å². The molecule has 52 heavy (non-hydrogen) atoms. The van der Waals surface area contributed by atoms with Crippen LogP contribution in [0.2, 0.25) is 0 Å². The summed E-state index contributed by atoms with van der Waals surface area (Å²) in [5, 5.41) is 13.8. The topological polar surface area (TPSA) is 175 Å². The zero-order chi connectivity index (χ0) is 38.6. The third-order valence-corrected chi connectivity index (χ3v) is 10.1. The van der Waals surface area contributed by atoms with Crippen molar-refractivity contribution < 1.29 is 33.5 Å². The summed E-state index contributed by atoms with van der Waals surface area (Å²) in [6, 6.07) is 3.81. The monoisotopic (exact) mass is 724 g/mol. The van der Waals surface area contributed by atoms with Crippen molar-refractivity contribution in [1.29, 1.82) is 0 Å². The molecule has 1 aromatic carbocycles. The Morgan fingerprint density at radius 3 is 2.19 bits per heavy atom. The number of amides is 6. The van der Waals surface area contributed by atoms with Crippen molar-refractivity contribution in [3.63, 3.8) is 0 Å². The standard InChI is InChI=1S/C39H60N6O7/c1-9-12-17-29(33(46)35(48)41-19-10-2)42-34(47)32-28(24(4)5)18-20-45(32)36(49)31(27-21-25-15-13-14-16-26(25)22-27)44-37(50)43-30(39(6,7)8)23-52-38(51)40-11-3/h10,13-16,24,27-32H,2,9,11-12,17-23H2,1,3-8H3,(H,40,51)(H,41,48)(H,42,47)(H2,43,44,50)/t28?,29?,30-,31+,32+/m1/s1. The first-order valence-corrected chi connectivity index (χ1v) is 18.7. The fraction of sp³-hybridized carbons (Fsp3) is 0.641. The van der Waals surface area contributed by atoms with Gasteiger partial charge < -0.3 is 36.2 Å². The summed E-state index contributed by atoms with van der Waals surface area (Å²) in [6.07, 6.45) is 4.19. The SMILES string of the molecule is C=CCNC(=O)C(=O)C(CCCC)NC(=O)[C@@H]1C(C(C)C)CCN1C(=O)[C@@H](NC(=O)N[C@H](COC(=O)NCC)C(C)(C)C)C1Cc2ccccc2C1. The number of alkyl carbamates (subject to hydrolysis) is 1. The normalized spacial score (nSPS) is 18.8. The number of benzene rings is 1. The molecule has 5 N–H and O–H groups in total. The van der Waals surface area contributed by atoms with E-state index in [4.69, 9.17) is 4.74 Å². The van der Waals surface area contributed by atoms with Gasteiger partial charge in [0.15, 0.2) is 0 Å². The molecule has 2 unspecified atom stereocenters. The van der Waals surface area contributed by atoms with Crippen LogP contribution in [0.4, 0.5) is 9.59 Å². The Kier molecular flexibility index (Phi) is 15.7. The summed E-state index contributed by atoms with van der Waals surface area (Å²) in [4.78, 5) is 82.2. The van der Waals surface area contributed by atoms with Crippen LogP contribution < -0.4 is 26.6 Å². The van der Waals surface area contributed by atoms with Crippen LogP contribution in [0.5, 0.6) is 0 Å². The number of likely N-dealkylation sites (tertiary alicyclic amines) is 1. The molecule has 13 nitrogen and oxygen atoms in total. The number of nitrogens with one attached hydrogen (secondary N) is 5. The maximum absolute atomic E-state index is 14.8. The highest BCUT2D eigenvalue weighted by Crippen LogP contribution is 2.35. The number of fused-ring (bicyclic) bond motifs is 1. The molecule has 1 aliphatic carbocycles. The molecular weight excluding hydrogens is 664 g/mol. The largest absolute Gasteiger partial charge is 0.447 e. The summed E-state index contributed by atoms with van der Waals surface area (Å²) in [6.45, 7) is 17.8. The van der Waals surface area contributed by atoms with Crippen LogP contribution in [0.25, 0.3) is 0 Å². The smallest absolute Gasteiger partial charge is 0.407 e. The molecule has 0 aromatic heterocycles. The fourth-order valence-corrected chi connectivity index (χ4v) is 7.03. The number of ether oxygens (including phenoxy) is 1. The average Bonchev–Trinajstić information content (AvgIpc) is 3.74. The van der Waals surface area contributed by atoms with Crippen molar-refractivity contribution in [3.05, 3.63) is 48.0 Å². The van der Waals surface area contributed by atoms with Gasteiger partial charge in [-0.25, -0.2) is 9.59 Å². The number of ketones is 1. The molecule has 1 aliphatic heterocycles. The Balaban J connectivity index is 1.92. The third kappa shape index (κ3) is 11.3. The van der Waals surface area contributed by atoms with E-state index in [0.29, 0.717) is 32.2 Å². The van der Waals surface area contributed by atoms with E-state index in [-0.39, 0.29) is 49.8 Å². The number of carbonyl (C=O) groups is 6. The van der Waals surface area contributed by atoms with E-state index in [1.165, 1.54) is 6.08 Å². The Morgan fingerprint density at radius 1 is 0.981 bits per heavy atom. The summed E-state index contributed by atoms with van der Waals surface area (Å²) < 4.78 is 5.36. The van der Waals surface area contributed by atoms with Gasteiger partial charge in [0.1, 0.15) is 18.7 Å². The Bertz CT molecular complexity index is 1420. The molecule has 1 saturated heterocycles. The average molecular weight is 725 g/mol. The second-order valence-corrected chi connectivity index (χ2v) is 15.3. The summed E-state index contributed by atoms with van der Waals surface area (Å²) in [5.74, 6) is -2.91. The molecule has 6 amide bonds. The molecular formula is C39H60N6O7. The number of nitrogens with zero attached hydrogens (tertiary/aromatic N) is 1. The number of unbranched alkanes of at least 4 members (excludes halogenated alkanes) is 1. The lowest BCUT2D eigenvalue weighted by Crippen LogP contribution is -2.61. The number of carbonyl (C=O) groups excluding carboxylic acids is 6. The molecule has 1 fully saturated rings. The van der Waals surface area contributed by atoms with Crippen molar-refractivity contribution in [3.8, 4) is 0 Å². The maximum atomic E-state index is 14.8. The van der Waals surface area contributed by atoms with Crippen molar-refractivity contribution in [1.82, 2.24) is 31.5 Å². The summed E-state index contributed by atoms with van der Waals surface area (Å²) in [7, 11) is 0.